The van der Waals surface area contributed by atoms with E-state index in [0.29, 0.717) is 12.1 Å². The van der Waals surface area contributed by atoms with E-state index in [4.69, 9.17) is 5.73 Å². The van der Waals surface area contributed by atoms with Crippen molar-refractivity contribution in [1.29, 1.82) is 0 Å². The summed E-state index contributed by atoms with van der Waals surface area (Å²) in [5.41, 5.74) is 5.89. The van der Waals surface area contributed by atoms with Crippen LogP contribution in [0.5, 0.6) is 0 Å². The molecule has 2 N–H and O–H groups in total. The smallest absolute Gasteiger partial charge is 0.254 e. The number of hydrogen-bond acceptors (Lipinski definition) is 3. The summed E-state index contributed by atoms with van der Waals surface area (Å²) in [4.78, 5) is 10.6. The number of carbonyl (C=O) groups excluding carboxylic acids is 1. The molecule has 4 nitrogen and oxygen atoms in total. The highest BCUT2D eigenvalue weighted by molar-refractivity contribution is 5.93. The molecule has 1 radical (unpaired) electrons. The van der Waals surface area contributed by atoms with Gasteiger partial charge in [0.2, 0.25) is 6.26 Å². The van der Waals surface area contributed by atoms with Crippen molar-refractivity contribution >= 4 is 5.91 Å². The summed E-state index contributed by atoms with van der Waals surface area (Å²) in [5.74, 6) is -0.533. The normalized spacial score (nSPS) is 9.91. The predicted octanol–water partition coefficient (Wildman–Crippen LogP) is 0.526. The topological polar surface area (TPSA) is 69.1 Å². The highest BCUT2D eigenvalue weighted by Gasteiger charge is 2.11. The molecule has 11 heavy (non-hydrogen) atoms. The molecule has 1 amide bonds. The molecule has 0 atom stereocenters. The van der Waals surface area contributed by atoms with Crippen molar-refractivity contribution in [3.8, 4) is 0 Å². The molecule has 0 bridgehead atoms. The number of primary amides is 1. The van der Waals surface area contributed by atoms with Crippen LogP contribution < -0.4 is 5.73 Å². The van der Waals surface area contributed by atoms with E-state index < -0.39 is 5.91 Å². The van der Waals surface area contributed by atoms with Gasteiger partial charge in [-0.05, 0) is 6.42 Å². The van der Waals surface area contributed by atoms with E-state index in [1.165, 1.54) is 0 Å². The molecule has 1 heterocycles. The Bertz CT molecular complexity index is 255. The number of hydrogen-bond donors (Lipinski definition) is 1. The quantitative estimate of drug-likeness (QED) is 0.688. The van der Waals surface area contributed by atoms with Crippen LogP contribution in [0.4, 0.5) is 0 Å². The van der Waals surface area contributed by atoms with Gasteiger partial charge in [0.1, 0.15) is 5.56 Å². The van der Waals surface area contributed by atoms with Crippen molar-refractivity contribution in [1.82, 2.24) is 5.16 Å². The SMILES string of the molecule is CCCc1no[c]c1C(N)=O. The third-order valence-corrected chi connectivity index (χ3v) is 1.33. The number of aryl methyl sites for hydroxylation is 1. The van der Waals surface area contributed by atoms with E-state index in [9.17, 15) is 4.79 Å². The fourth-order valence-electron chi connectivity index (χ4n) is 0.828. The Morgan fingerprint density at radius 1 is 1.82 bits per heavy atom. The average Bonchev–Trinajstić information content (AvgIpc) is 2.36. The maximum absolute atomic E-state index is 10.6. The molecule has 0 fully saturated rings. The molecule has 0 aromatic carbocycles. The Hall–Kier alpha value is -1.32. The molecule has 0 saturated heterocycles. The van der Waals surface area contributed by atoms with Gasteiger partial charge in [-0.15, -0.1) is 0 Å². The second kappa shape index (κ2) is 3.18. The van der Waals surface area contributed by atoms with Crippen LogP contribution in [0.15, 0.2) is 4.52 Å². The first-order valence-electron chi connectivity index (χ1n) is 3.41. The first-order valence-corrected chi connectivity index (χ1v) is 3.41. The highest BCUT2D eigenvalue weighted by Crippen LogP contribution is 2.06. The number of carbonyl (C=O) groups is 1. The van der Waals surface area contributed by atoms with Crippen molar-refractivity contribution in [2.45, 2.75) is 19.8 Å². The summed E-state index contributed by atoms with van der Waals surface area (Å²) in [6.07, 6.45) is 3.93. The minimum absolute atomic E-state index is 0.270. The van der Waals surface area contributed by atoms with E-state index in [0.717, 1.165) is 6.42 Å². The van der Waals surface area contributed by atoms with Crippen LogP contribution >= 0.6 is 0 Å². The molecule has 1 rings (SSSR count). The van der Waals surface area contributed by atoms with Crippen molar-refractivity contribution in [2.24, 2.45) is 5.73 Å². The van der Waals surface area contributed by atoms with Gasteiger partial charge in [-0.25, -0.2) is 0 Å². The summed E-state index contributed by atoms with van der Waals surface area (Å²) in [5, 5.41) is 3.60. The molecular formula is C7H9N2O2. The van der Waals surface area contributed by atoms with Gasteiger partial charge in [0.25, 0.3) is 5.91 Å². The van der Waals surface area contributed by atoms with Crippen molar-refractivity contribution in [3.63, 3.8) is 0 Å². The summed E-state index contributed by atoms with van der Waals surface area (Å²) < 4.78 is 4.48. The van der Waals surface area contributed by atoms with Crippen LogP contribution in [0.25, 0.3) is 0 Å². The van der Waals surface area contributed by atoms with Crippen LogP contribution in [0.3, 0.4) is 0 Å². The summed E-state index contributed by atoms with van der Waals surface area (Å²) in [6.45, 7) is 1.99. The van der Waals surface area contributed by atoms with Gasteiger partial charge in [-0.2, -0.15) is 0 Å². The van der Waals surface area contributed by atoms with E-state index in [1.54, 1.807) is 0 Å². The summed E-state index contributed by atoms with van der Waals surface area (Å²) >= 11 is 0. The molecule has 59 valence electrons. The monoisotopic (exact) mass is 153 g/mol. The fraction of sp³-hybridized carbons (Fsp3) is 0.429. The third kappa shape index (κ3) is 1.58. The number of nitrogens with two attached hydrogens (primary N) is 1. The second-order valence-electron chi connectivity index (χ2n) is 2.22. The minimum atomic E-state index is -0.533. The lowest BCUT2D eigenvalue weighted by Gasteiger charge is -1.91. The maximum atomic E-state index is 10.6. The molecule has 0 saturated carbocycles. The van der Waals surface area contributed by atoms with Gasteiger partial charge in [0.05, 0.1) is 5.69 Å². The zero-order valence-corrected chi connectivity index (χ0v) is 6.26. The maximum Gasteiger partial charge on any atom is 0.254 e. The lowest BCUT2D eigenvalue weighted by Crippen LogP contribution is -2.12. The van der Waals surface area contributed by atoms with Crippen LogP contribution in [-0.2, 0) is 6.42 Å². The van der Waals surface area contributed by atoms with Gasteiger partial charge >= 0.3 is 0 Å². The molecule has 0 spiro atoms. The van der Waals surface area contributed by atoms with Crippen molar-refractivity contribution in [3.05, 3.63) is 17.5 Å². The van der Waals surface area contributed by atoms with Crippen LogP contribution in [0.2, 0.25) is 0 Å². The van der Waals surface area contributed by atoms with Gasteiger partial charge in [-0.3, -0.25) is 4.79 Å². The number of rotatable bonds is 3. The zero-order chi connectivity index (χ0) is 8.27. The van der Waals surface area contributed by atoms with E-state index in [2.05, 4.69) is 15.9 Å². The molecule has 0 aliphatic heterocycles. The molecule has 0 aliphatic carbocycles. The molecule has 0 aliphatic rings. The Morgan fingerprint density at radius 3 is 3.09 bits per heavy atom. The molecule has 1 aromatic heterocycles. The zero-order valence-electron chi connectivity index (χ0n) is 6.26. The predicted molar refractivity (Wildman–Crippen MR) is 37.9 cm³/mol. The first-order chi connectivity index (χ1) is 5.25. The highest BCUT2D eigenvalue weighted by atomic mass is 16.5. The number of nitrogens with zero attached hydrogens (tertiary/aromatic N) is 1. The Labute approximate surface area is 64.4 Å². The standard InChI is InChI=1S/C7H9N2O2/c1-2-3-6-5(7(8)10)4-11-9-6/h2-3H2,1H3,(H2,8,10). The fourth-order valence-corrected chi connectivity index (χ4v) is 0.828. The number of amides is 1. The Balaban J connectivity index is 2.87. The largest absolute Gasteiger partial charge is 0.365 e. The van der Waals surface area contributed by atoms with Gasteiger partial charge in [0.15, 0.2) is 0 Å². The van der Waals surface area contributed by atoms with Crippen LogP contribution in [-0.4, -0.2) is 11.1 Å². The number of aromatic nitrogens is 1. The van der Waals surface area contributed by atoms with E-state index in [1.807, 2.05) is 6.92 Å². The van der Waals surface area contributed by atoms with Crippen molar-refractivity contribution < 1.29 is 9.32 Å². The summed E-state index contributed by atoms with van der Waals surface area (Å²) in [7, 11) is 0. The van der Waals surface area contributed by atoms with Crippen LogP contribution in [0, 0.1) is 6.26 Å². The molecular weight excluding hydrogens is 144 g/mol. The van der Waals surface area contributed by atoms with Crippen molar-refractivity contribution in [2.75, 3.05) is 0 Å². The molecule has 0 unspecified atom stereocenters. The average molecular weight is 153 g/mol. The lowest BCUT2D eigenvalue weighted by molar-refractivity contribution is 0.0998. The first kappa shape index (κ1) is 7.78. The Kier molecular flexibility index (Phi) is 2.25. The lowest BCUT2D eigenvalue weighted by atomic mass is 10.1. The molecule has 1 aromatic rings. The molecule has 4 heteroatoms. The minimum Gasteiger partial charge on any atom is -0.365 e. The van der Waals surface area contributed by atoms with Gasteiger partial charge < -0.3 is 10.3 Å². The third-order valence-electron chi connectivity index (χ3n) is 1.33. The van der Waals surface area contributed by atoms with E-state index in [-0.39, 0.29) is 5.56 Å². The Morgan fingerprint density at radius 2 is 2.55 bits per heavy atom. The summed E-state index contributed by atoms with van der Waals surface area (Å²) in [6, 6.07) is 0. The van der Waals surface area contributed by atoms with Crippen LogP contribution in [0.1, 0.15) is 29.4 Å². The second-order valence-corrected chi connectivity index (χ2v) is 2.22. The van der Waals surface area contributed by atoms with Gasteiger partial charge in [0, 0.05) is 0 Å². The van der Waals surface area contributed by atoms with E-state index >= 15 is 0 Å². The van der Waals surface area contributed by atoms with Gasteiger partial charge in [-0.1, -0.05) is 18.5 Å².